The molecule has 0 spiro atoms. The number of aromatic amines is 1. The number of nitrogens with zero attached hydrogens (tertiary/aromatic N) is 1. The number of nitrogens with one attached hydrogen (secondary N) is 2. The SMILES string of the molecule is Cc1ccc(NC(=O)N2CCc3[nH]c4ccccc4c3C2)cc1Cl. The van der Waals surface area contributed by atoms with Gasteiger partial charge in [-0.1, -0.05) is 35.9 Å². The first-order chi connectivity index (χ1) is 11.6. The maximum atomic E-state index is 12.6. The van der Waals surface area contributed by atoms with Crippen molar-refractivity contribution in [2.24, 2.45) is 0 Å². The van der Waals surface area contributed by atoms with Gasteiger partial charge >= 0.3 is 6.03 Å². The Kier molecular flexibility index (Phi) is 3.69. The molecule has 1 aliphatic heterocycles. The maximum absolute atomic E-state index is 12.6. The predicted molar refractivity (Wildman–Crippen MR) is 97.6 cm³/mol. The highest BCUT2D eigenvalue weighted by molar-refractivity contribution is 6.31. The molecular weight excluding hydrogens is 322 g/mol. The van der Waals surface area contributed by atoms with Crippen molar-refractivity contribution < 1.29 is 4.79 Å². The Morgan fingerprint density at radius 2 is 2.08 bits per heavy atom. The van der Waals surface area contributed by atoms with E-state index in [-0.39, 0.29) is 6.03 Å². The van der Waals surface area contributed by atoms with Crippen LogP contribution in [0.4, 0.5) is 10.5 Å². The Bertz CT molecular complexity index is 932. The third kappa shape index (κ3) is 2.63. The Morgan fingerprint density at radius 3 is 2.92 bits per heavy atom. The summed E-state index contributed by atoms with van der Waals surface area (Å²) in [6.07, 6.45) is 0.839. The van der Waals surface area contributed by atoms with Crippen molar-refractivity contribution in [3.63, 3.8) is 0 Å². The van der Waals surface area contributed by atoms with Crippen molar-refractivity contribution >= 4 is 34.2 Å². The van der Waals surface area contributed by atoms with Gasteiger partial charge in [-0.15, -0.1) is 0 Å². The molecule has 2 amide bonds. The van der Waals surface area contributed by atoms with Crippen LogP contribution in [0.15, 0.2) is 42.5 Å². The van der Waals surface area contributed by atoms with E-state index < -0.39 is 0 Å². The van der Waals surface area contributed by atoms with Gasteiger partial charge in [0.2, 0.25) is 0 Å². The molecule has 0 atom stereocenters. The molecule has 3 aromatic rings. The number of hydrogen-bond acceptors (Lipinski definition) is 1. The molecule has 0 bridgehead atoms. The number of para-hydroxylation sites is 1. The summed E-state index contributed by atoms with van der Waals surface area (Å²) in [5.74, 6) is 0. The first-order valence-corrected chi connectivity index (χ1v) is 8.40. The fourth-order valence-corrected chi connectivity index (χ4v) is 3.39. The lowest BCUT2D eigenvalue weighted by Gasteiger charge is -2.27. The van der Waals surface area contributed by atoms with Crippen LogP contribution in [0.3, 0.4) is 0 Å². The number of carbonyl (C=O) groups is 1. The number of carbonyl (C=O) groups excluding carboxylic acids is 1. The summed E-state index contributed by atoms with van der Waals surface area (Å²) in [7, 11) is 0. The average Bonchev–Trinajstić information content (AvgIpc) is 2.96. The largest absolute Gasteiger partial charge is 0.358 e. The number of amides is 2. The van der Waals surface area contributed by atoms with Crippen LogP contribution >= 0.6 is 11.6 Å². The fourth-order valence-electron chi connectivity index (χ4n) is 3.21. The number of urea groups is 1. The van der Waals surface area contributed by atoms with Gasteiger partial charge in [-0.3, -0.25) is 0 Å². The normalized spacial score (nSPS) is 13.8. The van der Waals surface area contributed by atoms with Crippen LogP contribution in [0, 0.1) is 6.92 Å². The van der Waals surface area contributed by atoms with E-state index in [4.69, 9.17) is 11.6 Å². The summed E-state index contributed by atoms with van der Waals surface area (Å²) in [5, 5.41) is 4.80. The average molecular weight is 340 g/mol. The standard InChI is InChI=1S/C19H18ClN3O/c1-12-6-7-13(10-16(12)20)21-19(24)23-9-8-18-15(11-23)14-4-2-3-5-17(14)22-18/h2-7,10,22H,8-9,11H2,1H3,(H,21,24). The van der Waals surface area contributed by atoms with E-state index in [1.165, 1.54) is 16.6 Å². The van der Waals surface area contributed by atoms with Crippen molar-refractivity contribution in [3.05, 3.63) is 64.3 Å². The zero-order valence-electron chi connectivity index (χ0n) is 13.4. The topological polar surface area (TPSA) is 48.1 Å². The Morgan fingerprint density at radius 1 is 1.25 bits per heavy atom. The van der Waals surface area contributed by atoms with Crippen LogP contribution in [0.5, 0.6) is 0 Å². The van der Waals surface area contributed by atoms with Crippen molar-refractivity contribution in [2.75, 3.05) is 11.9 Å². The third-order valence-corrected chi connectivity index (χ3v) is 5.00. The Hall–Kier alpha value is -2.46. The molecule has 4 rings (SSSR count). The van der Waals surface area contributed by atoms with E-state index in [9.17, 15) is 4.79 Å². The minimum atomic E-state index is -0.0918. The van der Waals surface area contributed by atoms with Gasteiger partial charge in [0.15, 0.2) is 0 Å². The van der Waals surface area contributed by atoms with E-state index in [2.05, 4.69) is 22.4 Å². The number of fused-ring (bicyclic) bond motifs is 3. The molecule has 0 aliphatic carbocycles. The highest BCUT2D eigenvalue weighted by atomic mass is 35.5. The minimum Gasteiger partial charge on any atom is -0.358 e. The number of rotatable bonds is 1. The quantitative estimate of drug-likeness (QED) is 0.662. The first-order valence-electron chi connectivity index (χ1n) is 8.02. The lowest BCUT2D eigenvalue weighted by Crippen LogP contribution is -2.38. The summed E-state index contributed by atoms with van der Waals surface area (Å²) in [5.41, 5.74) is 5.30. The molecule has 2 heterocycles. The van der Waals surface area contributed by atoms with E-state index in [0.29, 0.717) is 18.1 Å². The van der Waals surface area contributed by atoms with Gasteiger partial charge in [-0.25, -0.2) is 4.79 Å². The second-order valence-corrected chi connectivity index (χ2v) is 6.60. The van der Waals surface area contributed by atoms with Crippen molar-refractivity contribution in [1.82, 2.24) is 9.88 Å². The molecule has 1 aliphatic rings. The van der Waals surface area contributed by atoms with Gasteiger partial charge in [-0.05, 0) is 30.7 Å². The van der Waals surface area contributed by atoms with Crippen LogP contribution in [0.1, 0.15) is 16.8 Å². The molecule has 122 valence electrons. The number of aryl methyl sites for hydroxylation is 1. The van der Waals surface area contributed by atoms with Crippen molar-refractivity contribution in [3.8, 4) is 0 Å². The predicted octanol–water partition coefficient (Wildman–Crippen LogP) is 4.72. The fraction of sp³-hybridized carbons (Fsp3) is 0.211. The summed E-state index contributed by atoms with van der Waals surface area (Å²) >= 11 is 6.13. The minimum absolute atomic E-state index is 0.0918. The lowest BCUT2D eigenvalue weighted by atomic mass is 10.0. The molecule has 0 fully saturated rings. The van der Waals surface area contributed by atoms with Gasteiger partial charge in [0.25, 0.3) is 0 Å². The number of aromatic nitrogens is 1. The van der Waals surface area contributed by atoms with Crippen molar-refractivity contribution in [2.45, 2.75) is 19.9 Å². The molecule has 4 nitrogen and oxygen atoms in total. The van der Waals surface area contributed by atoms with Crippen LogP contribution in [-0.2, 0) is 13.0 Å². The van der Waals surface area contributed by atoms with Crippen LogP contribution < -0.4 is 5.32 Å². The molecule has 0 unspecified atom stereocenters. The third-order valence-electron chi connectivity index (χ3n) is 4.59. The van der Waals surface area contributed by atoms with Gasteiger partial charge < -0.3 is 15.2 Å². The number of anilines is 1. The molecule has 0 saturated heterocycles. The number of hydrogen-bond donors (Lipinski definition) is 2. The first kappa shape index (κ1) is 15.1. The zero-order valence-corrected chi connectivity index (χ0v) is 14.2. The molecular formula is C19H18ClN3O. The molecule has 0 saturated carbocycles. The molecule has 0 radical (unpaired) electrons. The molecule has 5 heteroatoms. The monoisotopic (exact) mass is 339 g/mol. The molecule has 24 heavy (non-hydrogen) atoms. The molecule has 1 aromatic heterocycles. The van der Waals surface area contributed by atoms with Crippen LogP contribution in [-0.4, -0.2) is 22.5 Å². The van der Waals surface area contributed by atoms with Crippen LogP contribution in [0.2, 0.25) is 5.02 Å². The van der Waals surface area contributed by atoms with Gasteiger partial charge in [0.05, 0.1) is 0 Å². The molecule has 2 aromatic carbocycles. The second kappa shape index (κ2) is 5.87. The van der Waals surface area contributed by atoms with E-state index in [1.54, 1.807) is 6.07 Å². The highest BCUT2D eigenvalue weighted by Crippen LogP contribution is 2.28. The molecule has 2 N–H and O–H groups in total. The Labute approximate surface area is 145 Å². The zero-order chi connectivity index (χ0) is 16.7. The summed E-state index contributed by atoms with van der Waals surface area (Å²) < 4.78 is 0. The van der Waals surface area contributed by atoms with Gasteiger partial charge in [-0.2, -0.15) is 0 Å². The lowest BCUT2D eigenvalue weighted by molar-refractivity contribution is 0.206. The maximum Gasteiger partial charge on any atom is 0.322 e. The number of benzene rings is 2. The number of halogens is 1. The summed E-state index contributed by atoms with van der Waals surface area (Å²) in [6.45, 7) is 3.26. The Balaban J connectivity index is 1.55. The van der Waals surface area contributed by atoms with E-state index in [0.717, 1.165) is 23.2 Å². The summed E-state index contributed by atoms with van der Waals surface area (Å²) in [6, 6.07) is 13.7. The second-order valence-electron chi connectivity index (χ2n) is 6.19. The smallest absolute Gasteiger partial charge is 0.322 e. The number of H-pyrrole nitrogens is 1. The van der Waals surface area contributed by atoms with E-state index in [1.807, 2.05) is 36.1 Å². The van der Waals surface area contributed by atoms with Crippen molar-refractivity contribution in [1.29, 1.82) is 0 Å². The highest BCUT2D eigenvalue weighted by Gasteiger charge is 2.24. The van der Waals surface area contributed by atoms with Gasteiger partial charge in [0.1, 0.15) is 0 Å². The van der Waals surface area contributed by atoms with Gasteiger partial charge in [0, 0.05) is 52.4 Å². The van der Waals surface area contributed by atoms with Crippen LogP contribution in [0.25, 0.3) is 10.9 Å². The summed E-state index contributed by atoms with van der Waals surface area (Å²) in [4.78, 5) is 17.9. The van der Waals surface area contributed by atoms with E-state index >= 15 is 0 Å².